The van der Waals surface area contributed by atoms with E-state index in [1.165, 1.54) is 0 Å². The number of ether oxygens (including phenoxy) is 1. The highest BCUT2D eigenvalue weighted by Crippen LogP contribution is 2.28. The van der Waals surface area contributed by atoms with Crippen molar-refractivity contribution in [2.45, 2.75) is 18.9 Å². The number of nitrogens with zero attached hydrogens (tertiary/aromatic N) is 1. The van der Waals surface area contributed by atoms with Crippen LogP contribution < -0.4 is 10.6 Å². The third kappa shape index (κ3) is 3.02. The smallest absolute Gasteiger partial charge is 0.106 e. The Morgan fingerprint density at radius 1 is 1.56 bits per heavy atom. The quantitative estimate of drug-likeness (QED) is 0.866. The molecule has 1 aliphatic heterocycles. The maximum atomic E-state index is 5.80. The van der Waals surface area contributed by atoms with Crippen molar-refractivity contribution in [3.05, 3.63) is 28.2 Å². The average Bonchev–Trinajstić information content (AvgIpc) is 2.38. The van der Waals surface area contributed by atoms with Crippen molar-refractivity contribution >= 4 is 38.8 Å². The number of nitrogens with two attached hydrogens (primary N) is 1. The Hall–Kier alpha value is -0.650. The van der Waals surface area contributed by atoms with Crippen LogP contribution in [0.25, 0.3) is 0 Å². The van der Waals surface area contributed by atoms with Crippen LogP contribution in [0, 0.1) is 0 Å². The lowest BCUT2D eigenvalue weighted by atomic mass is 10.1. The lowest BCUT2D eigenvalue weighted by molar-refractivity contribution is 0.0893. The monoisotopic (exact) mass is 328 g/mol. The van der Waals surface area contributed by atoms with Gasteiger partial charge < -0.3 is 15.4 Å². The molecule has 0 aliphatic carbocycles. The highest BCUT2D eigenvalue weighted by molar-refractivity contribution is 9.10. The minimum atomic E-state index is 0.289. The van der Waals surface area contributed by atoms with Gasteiger partial charge in [0.25, 0.3) is 0 Å². The number of rotatable bonds is 3. The van der Waals surface area contributed by atoms with E-state index in [1.807, 2.05) is 12.1 Å². The van der Waals surface area contributed by atoms with E-state index in [-0.39, 0.29) is 6.10 Å². The maximum absolute atomic E-state index is 5.80. The van der Waals surface area contributed by atoms with Crippen molar-refractivity contribution in [1.29, 1.82) is 0 Å². The van der Waals surface area contributed by atoms with Gasteiger partial charge in [-0.15, -0.1) is 0 Å². The summed E-state index contributed by atoms with van der Waals surface area (Å²) < 4.78 is 6.49. The topological polar surface area (TPSA) is 38.5 Å². The van der Waals surface area contributed by atoms with E-state index in [4.69, 9.17) is 22.7 Å². The summed E-state index contributed by atoms with van der Waals surface area (Å²) in [4.78, 5) is 2.74. The molecule has 1 unspecified atom stereocenters. The summed E-state index contributed by atoms with van der Waals surface area (Å²) in [5.41, 5.74) is 7.83. The van der Waals surface area contributed by atoms with Crippen molar-refractivity contribution in [3.8, 4) is 0 Å². The normalized spacial score (nSPS) is 19.9. The first-order valence-electron chi connectivity index (χ1n) is 5.99. The van der Waals surface area contributed by atoms with Crippen molar-refractivity contribution in [2.24, 2.45) is 5.73 Å². The Balaban J connectivity index is 2.31. The molecule has 2 N–H and O–H groups in total. The third-order valence-corrected chi connectivity index (χ3v) is 3.99. The van der Waals surface area contributed by atoms with Crippen LogP contribution in [0.5, 0.6) is 0 Å². The number of thiocarbonyl (C=S) groups is 1. The van der Waals surface area contributed by atoms with Crippen LogP contribution in [0.4, 0.5) is 5.69 Å². The number of anilines is 1. The van der Waals surface area contributed by atoms with Crippen LogP contribution in [0.1, 0.15) is 18.4 Å². The minimum absolute atomic E-state index is 0.289. The van der Waals surface area contributed by atoms with E-state index in [1.54, 1.807) is 7.11 Å². The molecule has 18 heavy (non-hydrogen) atoms. The Kier molecular flexibility index (Phi) is 4.59. The second-order valence-electron chi connectivity index (χ2n) is 4.47. The Morgan fingerprint density at radius 2 is 2.33 bits per heavy atom. The molecule has 0 saturated carbocycles. The van der Waals surface area contributed by atoms with E-state index >= 15 is 0 Å². The molecule has 1 saturated heterocycles. The van der Waals surface area contributed by atoms with Crippen molar-refractivity contribution < 1.29 is 4.74 Å². The molecule has 0 spiro atoms. The molecule has 1 heterocycles. The molecule has 0 radical (unpaired) electrons. The Morgan fingerprint density at radius 3 is 3.00 bits per heavy atom. The molecule has 1 atom stereocenters. The predicted molar refractivity (Wildman–Crippen MR) is 82.3 cm³/mol. The first-order valence-corrected chi connectivity index (χ1v) is 7.19. The molecule has 1 aromatic rings. The van der Waals surface area contributed by atoms with Crippen LogP contribution in [-0.4, -0.2) is 31.3 Å². The van der Waals surface area contributed by atoms with Gasteiger partial charge in [0.15, 0.2) is 0 Å². The van der Waals surface area contributed by atoms with Crippen LogP contribution in [0.15, 0.2) is 22.7 Å². The summed E-state index contributed by atoms with van der Waals surface area (Å²) in [5, 5.41) is 0. The lowest BCUT2D eigenvalue weighted by Crippen LogP contribution is -2.40. The van der Waals surface area contributed by atoms with Gasteiger partial charge in [0.1, 0.15) is 4.99 Å². The average molecular weight is 329 g/mol. The number of benzene rings is 1. The zero-order valence-electron chi connectivity index (χ0n) is 10.4. The van der Waals surface area contributed by atoms with Crippen molar-refractivity contribution in [1.82, 2.24) is 0 Å². The zero-order chi connectivity index (χ0) is 13.1. The fraction of sp³-hybridized carbons (Fsp3) is 0.462. The summed E-state index contributed by atoms with van der Waals surface area (Å²) in [6.45, 7) is 1.91. The molecule has 2 rings (SSSR count). The van der Waals surface area contributed by atoms with Crippen molar-refractivity contribution in [2.75, 3.05) is 25.1 Å². The van der Waals surface area contributed by atoms with Crippen molar-refractivity contribution in [3.63, 3.8) is 0 Å². The summed E-state index contributed by atoms with van der Waals surface area (Å²) in [5.74, 6) is 0. The van der Waals surface area contributed by atoms with Crippen LogP contribution >= 0.6 is 28.1 Å². The molecule has 1 fully saturated rings. The maximum Gasteiger partial charge on any atom is 0.106 e. The van der Waals surface area contributed by atoms with Gasteiger partial charge in [-0.05, 0) is 31.0 Å². The predicted octanol–water partition coefficient (Wildman–Crippen LogP) is 2.70. The molecular weight excluding hydrogens is 312 g/mol. The highest BCUT2D eigenvalue weighted by Gasteiger charge is 2.22. The van der Waals surface area contributed by atoms with E-state index in [0.717, 1.165) is 41.7 Å². The third-order valence-electron chi connectivity index (χ3n) is 3.28. The van der Waals surface area contributed by atoms with Gasteiger partial charge in [-0.3, -0.25) is 0 Å². The molecule has 5 heteroatoms. The molecular formula is C13H17BrN2OS. The zero-order valence-corrected chi connectivity index (χ0v) is 12.8. The second kappa shape index (κ2) is 5.99. The van der Waals surface area contributed by atoms with Gasteiger partial charge in [-0.25, -0.2) is 0 Å². The molecule has 1 aliphatic rings. The van der Waals surface area contributed by atoms with E-state index in [0.29, 0.717) is 4.99 Å². The summed E-state index contributed by atoms with van der Waals surface area (Å²) >= 11 is 8.63. The summed E-state index contributed by atoms with van der Waals surface area (Å²) in [7, 11) is 1.77. The fourth-order valence-electron chi connectivity index (χ4n) is 2.32. The fourth-order valence-corrected chi connectivity index (χ4v) is 2.85. The van der Waals surface area contributed by atoms with Gasteiger partial charge in [0.2, 0.25) is 0 Å². The van der Waals surface area contributed by atoms with Crippen LogP contribution in [-0.2, 0) is 4.74 Å². The summed E-state index contributed by atoms with van der Waals surface area (Å²) in [6, 6.07) is 6.01. The minimum Gasteiger partial charge on any atom is -0.389 e. The van der Waals surface area contributed by atoms with Gasteiger partial charge in [0, 0.05) is 35.9 Å². The number of halogens is 1. The molecule has 1 aromatic carbocycles. The first-order chi connectivity index (χ1) is 8.61. The number of hydrogen-bond donors (Lipinski definition) is 1. The van der Waals surface area contributed by atoms with Crippen LogP contribution in [0.2, 0.25) is 0 Å². The van der Waals surface area contributed by atoms with Gasteiger partial charge >= 0.3 is 0 Å². The standard InChI is InChI=1S/C13H17BrN2OS/c1-17-10-3-2-6-16(8-10)12-7-9(14)4-5-11(12)13(15)18/h4-5,7,10H,2-3,6,8H2,1H3,(H2,15,18). The largest absolute Gasteiger partial charge is 0.389 e. The molecule has 98 valence electrons. The number of hydrogen-bond acceptors (Lipinski definition) is 3. The lowest BCUT2D eigenvalue weighted by Gasteiger charge is -2.34. The molecule has 0 bridgehead atoms. The van der Waals surface area contributed by atoms with Crippen LogP contribution in [0.3, 0.4) is 0 Å². The van der Waals surface area contributed by atoms with Gasteiger partial charge in [-0.2, -0.15) is 0 Å². The highest BCUT2D eigenvalue weighted by atomic mass is 79.9. The molecule has 0 aromatic heterocycles. The SMILES string of the molecule is COC1CCCN(c2cc(Br)ccc2C(N)=S)C1. The first kappa shape index (κ1) is 13.8. The van der Waals surface area contributed by atoms with E-state index < -0.39 is 0 Å². The Labute approximate surface area is 121 Å². The number of piperidine rings is 1. The van der Waals surface area contributed by atoms with Gasteiger partial charge in [0.05, 0.1) is 6.10 Å². The van der Waals surface area contributed by atoms with Gasteiger partial charge in [-0.1, -0.05) is 28.1 Å². The number of methoxy groups -OCH3 is 1. The molecule has 0 amide bonds. The van der Waals surface area contributed by atoms with E-state index in [9.17, 15) is 0 Å². The summed E-state index contributed by atoms with van der Waals surface area (Å²) in [6.07, 6.45) is 2.53. The second-order valence-corrected chi connectivity index (χ2v) is 5.83. The Bertz CT molecular complexity index is 453. The molecule has 3 nitrogen and oxygen atoms in total. The van der Waals surface area contributed by atoms with E-state index in [2.05, 4.69) is 26.9 Å².